The predicted molar refractivity (Wildman–Crippen MR) is 70.0 cm³/mol. The lowest BCUT2D eigenvalue weighted by atomic mass is 10.1. The van der Waals surface area contributed by atoms with Gasteiger partial charge in [-0.25, -0.2) is 8.78 Å². The van der Waals surface area contributed by atoms with Gasteiger partial charge in [0.15, 0.2) is 24.9 Å². The van der Waals surface area contributed by atoms with Crippen molar-refractivity contribution in [2.45, 2.75) is 12.4 Å². The summed E-state index contributed by atoms with van der Waals surface area (Å²) >= 11 is 0. The molecule has 28 heavy (non-hydrogen) atoms. The summed E-state index contributed by atoms with van der Waals surface area (Å²) in [7, 11) is 0. The Balaban J connectivity index is 3.63. The van der Waals surface area contributed by atoms with Crippen LogP contribution in [0.5, 0.6) is 11.5 Å². The third-order valence-electron chi connectivity index (χ3n) is 2.67. The molecule has 0 saturated heterocycles. The molecule has 0 aromatic heterocycles. The fourth-order valence-corrected chi connectivity index (χ4v) is 1.66. The Hall–Kier alpha value is -2.54. The molecule has 158 valence electrons. The molecule has 0 amide bonds. The van der Waals surface area contributed by atoms with Crippen LogP contribution in [0, 0.1) is 0 Å². The Kier molecular flexibility index (Phi) is 7.26. The number of hydrogen-bond donors (Lipinski definition) is 0. The van der Waals surface area contributed by atoms with Crippen LogP contribution in [-0.2, 0) is 0 Å². The molecule has 14 heteroatoms. The van der Waals surface area contributed by atoms with Gasteiger partial charge in [-0.1, -0.05) is 0 Å². The second-order valence-corrected chi connectivity index (χ2v) is 4.80. The van der Waals surface area contributed by atoms with E-state index in [0.717, 1.165) is 0 Å². The minimum atomic E-state index is -5.10. The molecule has 0 spiro atoms. The summed E-state index contributed by atoms with van der Waals surface area (Å²) in [6, 6.07) is -0.242. The molecule has 0 atom stereocenters. The zero-order valence-electron chi connectivity index (χ0n) is 12.9. The maximum atomic E-state index is 13.5. The average molecular weight is 434 g/mol. The molecule has 0 bridgehead atoms. The third kappa shape index (κ3) is 6.88. The van der Waals surface area contributed by atoms with Crippen molar-refractivity contribution in [2.75, 3.05) is 13.2 Å². The highest BCUT2D eigenvalue weighted by Crippen LogP contribution is 2.41. The van der Waals surface area contributed by atoms with Crippen LogP contribution in [0.25, 0.3) is 11.7 Å². The van der Waals surface area contributed by atoms with Crippen molar-refractivity contribution >= 4 is 11.7 Å². The summed E-state index contributed by atoms with van der Waals surface area (Å²) in [5.41, 5.74) is -3.14. The van der Waals surface area contributed by atoms with E-state index in [-0.39, 0.29) is 12.1 Å². The number of halogens is 12. The summed E-state index contributed by atoms with van der Waals surface area (Å²) < 4.78 is 158. The highest BCUT2D eigenvalue weighted by atomic mass is 19.4. The molecule has 0 saturated carbocycles. The van der Waals surface area contributed by atoms with Gasteiger partial charge in [-0.05, 0) is 12.1 Å². The molecule has 0 unspecified atom stereocenters. The van der Waals surface area contributed by atoms with E-state index in [9.17, 15) is 52.7 Å². The summed E-state index contributed by atoms with van der Waals surface area (Å²) in [5.74, 6) is -8.09. The second kappa shape index (κ2) is 8.65. The SMILES string of the molecule is FC(F)=C(F)c1cc(OCC(F)(F)F)c(C(F)=C(F)F)cc1OCC(F)(F)F. The van der Waals surface area contributed by atoms with Crippen molar-refractivity contribution in [3.63, 3.8) is 0 Å². The smallest absolute Gasteiger partial charge is 0.422 e. The molecule has 0 aliphatic heterocycles. The molecule has 1 aromatic carbocycles. The molecule has 0 aliphatic carbocycles. The molecule has 0 radical (unpaired) electrons. The third-order valence-corrected chi connectivity index (χ3v) is 2.67. The van der Waals surface area contributed by atoms with E-state index < -0.39 is 72.0 Å². The Morgan fingerprint density at radius 3 is 1.11 bits per heavy atom. The second-order valence-electron chi connectivity index (χ2n) is 4.80. The Morgan fingerprint density at radius 2 is 0.893 bits per heavy atom. The van der Waals surface area contributed by atoms with Gasteiger partial charge in [-0.3, -0.25) is 0 Å². The van der Waals surface area contributed by atoms with Crippen molar-refractivity contribution in [3.8, 4) is 11.5 Å². The van der Waals surface area contributed by atoms with Gasteiger partial charge < -0.3 is 9.47 Å². The van der Waals surface area contributed by atoms with E-state index in [0.29, 0.717) is 0 Å². The van der Waals surface area contributed by atoms with Crippen molar-refractivity contribution in [1.82, 2.24) is 0 Å². The minimum Gasteiger partial charge on any atom is -0.483 e. The van der Waals surface area contributed by atoms with Crippen molar-refractivity contribution < 1.29 is 62.2 Å². The monoisotopic (exact) mass is 434 g/mol. The molecule has 0 heterocycles. The van der Waals surface area contributed by atoms with Gasteiger partial charge in [0.05, 0.1) is 11.1 Å². The molecule has 1 aromatic rings. The Morgan fingerprint density at radius 1 is 0.607 bits per heavy atom. The van der Waals surface area contributed by atoms with Gasteiger partial charge in [0, 0.05) is 0 Å². The first kappa shape index (κ1) is 23.5. The standard InChI is InChI=1S/C14H6F12O2/c15-9(11(17)18)5-1-7(27-3-13(21,22)23)6(10(16)12(19)20)2-8(5)28-4-14(24,25)26/h1-2H,3-4H2. The number of alkyl halides is 6. The predicted octanol–water partition coefficient (Wildman–Crippen LogP) is 6.64. The van der Waals surface area contributed by atoms with Gasteiger partial charge in [-0.15, -0.1) is 0 Å². The summed E-state index contributed by atoms with van der Waals surface area (Å²) in [4.78, 5) is 0. The highest BCUT2D eigenvalue weighted by molar-refractivity contribution is 5.75. The Labute approximate surface area is 147 Å². The van der Waals surface area contributed by atoms with Crippen LogP contribution in [0.1, 0.15) is 11.1 Å². The van der Waals surface area contributed by atoms with E-state index in [1.54, 1.807) is 0 Å². The number of ether oxygens (including phenoxy) is 2. The molecular weight excluding hydrogens is 428 g/mol. The quantitative estimate of drug-likeness (QED) is 0.468. The van der Waals surface area contributed by atoms with Gasteiger partial charge in [-0.2, -0.15) is 43.9 Å². The lowest BCUT2D eigenvalue weighted by Gasteiger charge is -2.17. The van der Waals surface area contributed by atoms with Crippen LogP contribution in [0.2, 0.25) is 0 Å². The zero-order valence-corrected chi connectivity index (χ0v) is 12.9. The summed E-state index contributed by atoms with van der Waals surface area (Å²) in [6.07, 6.45) is -16.5. The average Bonchev–Trinajstić information content (AvgIpc) is 2.54. The minimum absolute atomic E-state index is 0.121. The van der Waals surface area contributed by atoms with E-state index >= 15 is 0 Å². The van der Waals surface area contributed by atoms with Crippen LogP contribution in [0.15, 0.2) is 24.3 Å². The molecule has 1 rings (SSSR count). The molecule has 0 fully saturated rings. The van der Waals surface area contributed by atoms with Crippen LogP contribution in [0.3, 0.4) is 0 Å². The van der Waals surface area contributed by atoms with Gasteiger partial charge in [0.1, 0.15) is 11.5 Å². The summed E-state index contributed by atoms with van der Waals surface area (Å²) in [6.45, 7) is -4.46. The largest absolute Gasteiger partial charge is 0.483 e. The zero-order chi connectivity index (χ0) is 21.9. The molecular formula is C14H6F12O2. The molecule has 2 nitrogen and oxygen atoms in total. The number of hydrogen-bond acceptors (Lipinski definition) is 2. The topological polar surface area (TPSA) is 18.5 Å². The van der Waals surface area contributed by atoms with Crippen molar-refractivity contribution in [2.24, 2.45) is 0 Å². The van der Waals surface area contributed by atoms with Gasteiger partial charge in [0.25, 0.3) is 0 Å². The van der Waals surface area contributed by atoms with Crippen LogP contribution in [0.4, 0.5) is 52.7 Å². The first-order valence-corrected chi connectivity index (χ1v) is 6.62. The first-order valence-electron chi connectivity index (χ1n) is 6.62. The van der Waals surface area contributed by atoms with Gasteiger partial charge >= 0.3 is 24.5 Å². The van der Waals surface area contributed by atoms with Crippen molar-refractivity contribution in [1.29, 1.82) is 0 Å². The van der Waals surface area contributed by atoms with E-state index in [4.69, 9.17) is 0 Å². The lowest BCUT2D eigenvalue weighted by Crippen LogP contribution is -2.21. The lowest BCUT2D eigenvalue weighted by molar-refractivity contribution is -0.154. The van der Waals surface area contributed by atoms with Crippen molar-refractivity contribution in [3.05, 3.63) is 35.4 Å². The Bertz CT molecular complexity index is 702. The number of benzene rings is 1. The maximum Gasteiger partial charge on any atom is 0.422 e. The maximum absolute atomic E-state index is 13.5. The highest BCUT2D eigenvalue weighted by Gasteiger charge is 2.32. The van der Waals surface area contributed by atoms with Crippen LogP contribution in [-0.4, -0.2) is 25.6 Å². The van der Waals surface area contributed by atoms with E-state index in [1.807, 2.05) is 0 Å². The van der Waals surface area contributed by atoms with Crippen LogP contribution < -0.4 is 9.47 Å². The summed E-state index contributed by atoms with van der Waals surface area (Å²) in [5, 5.41) is 0. The first-order chi connectivity index (χ1) is 12.6. The van der Waals surface area contributed by atoms with Crippen LogP contribution >= 0.6 is 0 Å². The fraction of sp³-hybridized carbons (Fsp3) is 0.286. The van der Waals surface area contributed by atoms with E-state index in [1.165, 1.54) is 0 Å². The normalized spacial score (nSPS) is 11.9. The van der Waals surface area contributed by atoms with E-state index in [2.05, 4.69) is 9.47 Å². The molecule has 0 N–H and O–H groups in total. The molecule has 0 aliphatic rings. The number of rotatable bonds is 6. The van der Waals surface area contributed by atoms with Gasteiger partial charge in [0.2, 0.25) is 0 Å². The fourth-order valence-electron chi connectivity index (χ4n) is 1.66.